The van der Waals surface area contributed by atoms with E-state index in [9.17, 15) is 4.79 Å². The molecule has 1 aliphatic rings. The van der Waals surface area contributed by atoms with Crippen molar-refractivity contribution in [3.8, 4) is 0 Å². The summed E-state index contributed by atoms with van der Waals surface area (Å²) >= 11 is 0. The van der Waals surface area contributed by atoms with Crippen molar-refractivity contribution in [3.63, 3.8) is 0 Å². The number of nitrogens with zero attached hydrogens (tertiary/aromatic N) is 4. The van der Waals surface area contributed by atoms with Crippen LogP contribution in [0.25, 0.3) is 0 Å². The highest BCUT2D eigenvalue weighted by Crippen LogP contribution is 2.11. The zero-order valence-electron chi connectivity index (χ0n) is 14.0. The van der Waals surface area contributed by atoms with Crippen LogP contribution in [0.1, 0.15) is 11.1 Å². The second-order valence-electron chi connectivity index (χ2n) is 6.03. The Hall–Kier alpha value is -2.47. The Morgan fingerprint density at radius 3 is 2.67 bits per heavy atom. The number of piperazine rings is 1. The first-order valence-corrected chi connectivity index (χ1v) is 8.27. The molecule has 1 fully saturated rings. The zero-order chi connectivity index (χ0) is 16.8. The van der Waals surface area contributed by atoms with Crippen LogP contribution in [0.5, 0.6) is 0 Å². The molecule has 6 heteroatoms. The Bertz CT molecular complexity index is 668. The summed E-state index contributed by atoms with van der Waals surface area (Å²) in [6, 6.07) is 8.12. The minimum absolute atomic E-state index is 0.0752. The Balaban J connectivity index is 1.43. The van der Waals surface area contributed by atoms with E-state index in [2.05, 4.69) is 44.1 Å². The van der Waals surface area contributed by atoms with Gasteiger partial charge in [-0.05, 0) is 18.1 Å². The molecule has 1 aromatic carbocycles. The average molecular weight is 325 g/mol. The number of hydrogen-bond acceptors (Lipinski definition) is 5. The third-order valence-corrected chi connectivity index (χ3v) is 4.35. The highest BCUT2D eigenvalue weighted by molar-refractivity contribution is 5.78. The largest absolute Gasteiger partial charge is 0.353 e. The van der Waals surface area contributed by atoms with Gasteiger partial charge in [-0.1, -0.05) is 24.3 Å². The minimum Gasteiger partial charge on any atom is -0.353 e. The molecule has 2 aromatic rings. The van der Waals surface area contributed by atoms with E-state index in [1.807, 2.05) is 12.1 Å². The molecule has 1 aliphatic heterocycles. The van der Waals surface area contributed by atoms with Gasteiger partial charge in [-0.15, -0.1) is 0 Å². The first-order valence-electron chi connectivity index (χ1n) is 8.27. The predicted octanol–water partition coefficient (Wildman–Crippen LogP) is 1.22. The van der Waals surface area contributed by atoms with Crippen LogP contribution in [0.15, 0.2) is 42.9 Å². The summed E-state index contributed by atoms with van der Waals surface area (Å²) in [6.45, 7) is 6.54. The van der Waals surface area contributed by atoms with Gasteiger partial charge >= 0.3 is 0 Å². The number of benzene rings is 1. The Morgan fingerprint density at radius 2 is 1.96 bits per heavy atom. The third-order valence-electron chi connectivity index (χ3n) is 4.35. The highest BCUT2D eigenvalue weighted by atomic mass is 16.2. The van der Waals surface area contributed by atoms with Crippen molar-refractivity contribution in [1.82, 2.24) is 20.2 Å². The predicted molar refractivity (Wildman–Crippen MR) is 93.7 cm³/mol. The number of hydrogen-bond donors (Lipinski definition) is 1. The molecule has 0 aliphatic carbocycles. The lowest BCUT2D eigenvalue weighted by atomic mass is 10.1. The van der Waals surface area contributed by atoms with Crippen molar-refractivity contribution in [3.05, 3.63) is 54.0 Å². The van der Waals surface area contributed by atoms with E-state index in [0.717, 1.165) is 32.0 Å². The van der Waals surface area contributed by atoms with Crippen molar-refractivity contribution >= 4 is 11.7 Å². The fraction of sp³-hybridized carbons (Fsp3) is 0.389. The number of amides is 1. The molecule has 0 saturated carbocycles. The van der Waals surface area contributed by atoms with Gasteiger partial charge in [0.25, 0.3) is 0 Å². The number of anilines is 1. The molecule has 0 atom stereocenters. The van der Waals surface area contributed by atoms with Crippen LogP contribution in [-0.2, 0) is 11.3 Å². The lowest BCUT2D eigenvalue weighted by Crippen LogP contribution is -2.49. The first-order chi connectivity index (χ1) is 11.7. The van der Waals surface area contributed by atoms with Gasteiger partial charge in [0, 0.05) is 45.1 Å². The molecule has 24 heavy (non-hydrogen) atoms. The quantitative estimate of drug-likeness (QED) is 0.896. The van der Waals surface area contributed by atoms with Gasteiger partial charge in [-0.3, -0.25) is 14.7 Å². The van der Waals surface area contributed by atoms with Crippen LogP contribution in [0.2, 0.25) is 0 Å². The summed E-state index contributed by atoms with van der Waals surface area (Å²) in [6.07, 6.45) is 5.17. The summed E-state index contributed by atoms with van der Waals surface area (Å²) in [5, 5.41) is 3.01. The number of carbonyl (C=O) groups excluding carboxylic acids is 1. The van der Waals surface area contributed by atoms with Crippen LogP contribution < -0.4 is 10.2 Å². The molecule has 0 bridgehead atoms. The summed E-state index contributed by atoms with van der Waals surface area (Å²) in [5.74, 6) is 0.979. The number of nitrogens with one attached hydrogen (secondary N) is 1. The van der Waals surface area contributed by atoms with Crippen LogP contribution in [-0.4, -0.2) is 53.5 Å². The summed E-state index contributed by atoms with van der Waals surface area (Å²) < 4.78 is 0. The number of aryl methyl sites for hydroxylation is 1. The number of rotatable bonds is 5. The first kappa shape index (κ1) is 16.4. The third kappa shape index (κ3) is 4.29. The molecule has 0 spiro atoms. The second-order valence-corrected chi connectivity index (χ2v) is 6.03. The van der Waals surface area contributed by atoms with Gasteiger partial charge in [-0.25, -0.2) is 4.98 Å². The summed E-state index contributed by atoms with van der Waals surface area (Å²) in [4.78, 5) is 25.0. The fourth-order valence-corrected chi connectivity index (χ4v) is 2.85. The molecule has 2 heterocycles. The molecule has 126 valence electrons. The Morgan fingerprint density at radius 1 is 1.17 bits per heavy atom. The van der Waals surface area contributed by atoms with Gasteiger partial charge in [0.15, 0.2) is 0 Å². The van der Waals surface area contributed by atoms with Crippen molar-refractivity contribution in [1.29, 1.82) is 0 Å². The molecule has 1 aromatic heterocycles. The van der Waals surface area contributed by atoms with Crippen molar-refractivity contribution in [2.45, 2.75) is 13.5 Å². The molecule has 0 radical (unpaired) electrons. The van der Waals surface area contributed by atoms with E-state index >= 15 is 0 Å². The maximum absolute atomic E-state index is 12.2. The van der Waals surface area contributed by atoms with Crippen LogP contribution in [0, 0.1) is 6.92 Å². The maximum atomic E-state index is 12.2. The lowest BCUT2D eigenvalue weighted by Gasteiger charge is -2.34. The van der Waals surface area contributed by atoms with Crippen LogP contribution in [0.4, 0.5) is 5.82 Å². The molecule has 6 nitrogen and oxygen atoms in total. The van der Waals surface area contributed by atoms with Crippen LogP contribution >= 0.6 is 0 Å². The molecule has 1 amide bonds. The van der Waals surface area contributed by atoms with E-state index in [0.29, 0.717) is 13.1 Å². The smallest absolute Gasteiger partial charge is 0.234 e. The van der Waals surface area contributed by atoms with Gasteiger partial charge < -0.3 is 10.2 Å². The maximum Gasteiger partial charge on any atom is 0.234 e. The summed E-state index contributed by atoms with van der Waals surface area (Å²) in [5.41, 5.74) is 2.37. The molecular weight excluding hydrogens is 302 g/mol. The molecular formula is C18H23N5O. The van der Waals surface area contributed by atoms with E-state index in [-0.39, 0.29) is 5.91 Å². The van der Waals surface area contributed by atoms with Gasteiger partial charge in [0.1, 0.15) is 5.82 Å². The van der Waals surface area contributed by atoms with E-state index < -0.39 is 0 Å². The second kappa shape index (κ2) is 7.88. The topological polar surface area (TPSA) is 61.4 Å². The standard InChI is InChI=1S/C18H23N5O/c1-15-4-2-3-5-16(15)12-21-18(24)14-22-8-10-23(11-9-22)17-13-19-6-7-20-17/h2-7,13H,8-12,14H2,1H3,(H,21,24). The Kier molecular flexibility index (Phi) is 5.38. The van der Waals surface area contributed by atoms with Gasteiger partial charge in [0.2, 0.25) is 5.91 Å². The van der Waals surface area contributed by atoms with Crippen molar-refractivity contribution < 1.29 is 4.79 Å². The molecule has 0 unspecified atom stereocenters. The Labute approximate surface area is 142 Å². The van der Waals surface area contributed by atoms with E-state index in [4.69, 9.17) is 0 Å². The normalized spacial score (nSPS) is 15.3. The van der Waals surface area contributed by atoms with Crippen molar-refractivity contribution in [2.75, 3.05) is 37.6 Å². The van der Waals surface area contributed by atoms with Crippen molar-refractivity contribution in [2.24, 2.45) is 0 Å². The number of carbonyl (C=O) groups is 1. The molecule has 1 N–H and O–H groups in total. The van der Waals surface area contributed by atoms with Gasteiger partial charge in [0.05, 0.1) is 12.7 Å². The fourth-order valence-electron chi connectivity index (χ4n) is 2.85. The average Bonchev–Trinajstić information content (AvgIpc) is 2.62. The van der Waals surface area contributed by atoms with Gasteiger partial charge in [-0.2, -0.15) is 0 Å². The van der Waals surface area contributed by atoms with E-state index in [1.54, 1.807) is 18.6 Å². The lowest BCUT2D eigenvalue weighted by molar-refractivity contribution is -0.122. The monoisotopic (exact) mass is 325 g/mol. The molecule has 3 rings (SSSR count). The SMILES string of the molecule is Cc1ccccc1CNC(=O)CN1CCN(c2cnccn2)CC1. The zero-order valence-corrected chi connectivity index (χ0v) is 14.0. The highest BCUT2D eigenvalue weighted by Gasteiger charge is 2.19. The summed E-state index contributed by atoms with van der Waals surface area (Å²) in [7, 11) is 0. The number of aromatic nitrogens is 2. The van der Waals surface area contributed by atoms with Crippen LogP contribution in [0.3, 0.4) is 0 Å². The minimum atomic E-state index is 0.0752. The van der Waals surface area contributed by atoms with E-state index in [1.165, 1.54) is 11.1 Å². The molecule has 1 saturated heterocycles.